The molecule has 1 rings (SSSR count). The quantitative estimate of drug-likeness (QED) is 0.448. The van der Waals surface area contributed by atoms with Crippen LogP contribution in [-0.4, -0.2) is 18.0 Å². The fourth-order valence-electron chi connectivity index (χ4n) is 1.56. The standard InChI is InChI=1S/C12H15NO4/c1-3-4-5-9-6-7-10(12(14)17-2)8-11(9)13(15)16/h6-8H,3-5H2,1-2H3. The van der Waals surface area contributed by atoms with Crippen molar-refractivity contribution in [3.05, 3.63) is 39.4 Å². The van der Waals surface area contributed by atoms with E-state index in [1.165, 1.54) is 13.2 Å². The molecule has 0 aliphatic heterocycles. The molecule has 5 heteroatoms. The van der Waals surface area contributed by atoms with Gasteiger partial charge < -0.3 is 4.74 Å². The number of unbranched alkanes of at least 4 members (excludes halogenated alkanes) is 1. The third-order valence-electron chi connectivity index (χ3n) is 2.50. The zero-order valence-corrected chi connectivity index (χ0v) is 9.93. The molecule has 0 bridgehead atoms. The lowest BCUT2D eigenvalue weighted by Gasteiger charge is -2.04. The lowest BCUT2D eigenvalue weighted by Crippen LogP contribution is -2.04. The first-order valence-electron chi connectivity index (χ1n) is 5.45. The SMILES string of the molecule is CCCCc1ccc(C(=O)OC)cc1[N+](=O)[O-]. The number of hydrogen-bond donors (Lipinski definition) is 0. The second kappa shape index (κ2) is 5.98. The highest BCUT2D eigenvalue weighted by Gasteiger charge is 2.17. The minimum Gasteiger partial charge on any atom is -0.465 e. The minimum atomic E-state index is -0.560. The van der Waals surface area contributed by atoms with Crippen LogP contribution in [-0.2, 0) is 11.2 Å². The van der Waals surface area contributed by atoms with E-state index in [0.29, 0.717) is 12.0 Å². The van der Waals surface area contributed by atoms with Gasteiger partial charge in [0, 0.05) is 11.6 Å². The van der Waals surface area contributed by atoms with E-state index >= 15 is 0 Å². The third kappa shape index (κ3) is 3.27. The first-order chi connectivity index (χ1) is 8.10. The van der Waals surface area contributed by atoms with Crippen LogP contribution < -0.4 is 0 Å². The molecule has 0 aliphatic rings. The van der Waals surface area contributed by atoms with Crippen molar-refractivity contribution in [2.75, 3.05) is 7.11 Å². The highest BCUT2D eigenvalue weighted by molar-refractivity contribution is 5.90. The van der Waals surface area contributed by atoms with E-state index in [9.17, 15) is 14.9 Å². The van der Waals surface area contributed by atoms with Crippen molar-refractivity contribution in [2.24, 2.45) is 0 Å². The van der Waals surface area contributed by atoms with Crippen molar-refractivity contribution < 1.29 is 14.5 Å². The molecule has 0 radical (unpaired) electrons. The normalized spacial score (nSPS) is 10.0. The molecule has 0 saturated carbocycles. The average molecular weight is 237 g/mol. The third-order valence-corrected chi connectivity index (χ3v) is 2.50. The van der Waals surface area contributed by atoms with Gasteiger partial charge in [-0.25, -0.2) is 4.79 Å². The fraction of sp³-hybridized carbons (Fsp3) is 0.417. The Balaban J connectivity index is 3.08. The van der Waals surface area contributed by atoms with E-state index in [0.717, 1.165) is 12.8 Å². The van der Waals surface area contributed by atoms with E-state index in [1.807, 2.05) is 6.92 Å². The molecule has 0 aromatic heterocycles. The Morgan fingerprint density at radius 1 is 1.47 bits per heavy atom. The molecule has 0 N–H and O–H groups in total. The van der Waals surface area contributed by atoms with Gasteiger partial charge in [-0.1, -0.05) is 19.4 Å². The van der Waals surface area contributed by atoms with E-state index in [-0.39, 0.29) is 11.3 Å². The monoisotopic (exact) mass is 237 g/mol. The number of benzene rings is 1. The van der Waals surface area contributed by atoms with E-state index in [4.69, 9.17) is 0 Å². The molecule has 92 valence electrons. The van der Waals surface area contributed by atoms with Crippen molar-refractivity contribution in [1.82, 2.24) is 0 Å². The summed E-state index contributed by atoms with van der Waals surface area (Å²) in [7, 11) is 1.25. The molecule has 1 aromatic rings. The zero-order valence-electron chi connectivity index (χ0n) is 9.93. The summed E-state index contributed by atoms with van der Waals surface area (Å²) in [5, 5.41) is 10.9. The van der Waals surface area contributed by atoms with Gasteiger partial charge in [0.1, 0.15) is 0 Å². The number of nitro groups is 1. The zero-order chi connectivity index (χ0) is 12.8. The van der Waals surface area contributed by atoms with Gasteiger partial charge in [0.25, 0.3) is 5.69 Å². The van der Waals surface area contributed by atoms with Crippen LogP contribution in [0.2, 0.25) is 0 Å². The summed E-state index contributed by atoms with van der Waals surface area (Å²) in [6.45, 7) is 2.02. The maximum Gasteiger partial charge on any atom is 0.338 e. The number of ether oxygens (including phenoxy) is 1. The lowest BCUT2D eigenvalue weighted by molar-refractivity contribution is -0.385. The van der Waals surface area contributed by atoms with Crippen LogP contribution in [0, 0.1) is 10.1 Å². The maximum atomic E-state index is 11.3. The van der Waals surface area contributed by atoms with Crippen molar-refractivity contribution >= 4 is 11.7 Å². The Morgan fingerprint density at radius 3 is 2.71 bits per heavy atom. The summed E-state index contributed by atoms with van der Waals surface area (Å²) in [4.78, 5) is 21.7. The van der Waals surface area contributed by atoms with Crippen molar-refractivity contribution in [2.45, 2.75) is 26.2 Å². The van der Waals surface area contributed by atoms with Crippen molar-refractivity contribution in [3.8, 4) is 0 Å². The molecule has 0 fully saturated rings. The van der Waals surface area contributed by atoms with Crippen molar-refractivity contribution in [3.63, 3.8) is 0 Å². The van der Waals surface area contributed by atoms with Crippen LogP contribution in [0.15, 0.2) is 18.2 Å². The van der Waals surface area contributed by atoms with Gasteiger partial charge in [-0.15, -0.1) is 0 Å². The number of nitro benzene ring substituents is 1. The fourth-order valence-corrected chi connectivity index (χ4v) is 1.56. The predicted octanol–water partition coefficient (Wildman–Crippen LogP) is 2.72. The summed E-state index contributed by atoms with van der Waals surface area (Å²) in [5.74, 6) is -0.560. The number of carbonyl (C=O) groups is 1. The molecule has 0 amide bonds. The molecule has 0 unspecified atom stereocenters. The summed E-state index contributed by atoms with van der Waals surface area (Å²) in [6, 6.07) is 4.46. The molecule has 5 nitrogen and oxygen atoms in total. The van der Waals surface area contributed by atoms with Crippen LogP contribution in [0.1, 0.15) is 35.7 Å². The van der Waals surface area contributed by atoms with Gasteiger partial charge in [-0.05, 0) is 18.9 Å². The number of nitrogens with zero attached hydrogens (tertiary/aromatic N) is 1. The van der Waals surface area contributed by atoms with E-state index < -0.39 is 10.9 Å². The smallest absolute Gasteiger partial charge is 0.338 e. The Kier molecular flexibility index (Phi) is 4.63. The molecule has 1 aromatic carbocycles. The molecular weight excluding hydrogens is 222 g/mol. The van der Waals surface area contributed by atoms with Gasteiger partial charge in [0.15, 0.2) is 0 Å². The van der Waals surface area contributed by atoms with Gasteiger partial charge in [-0.3, -0.25) is 10.1 Å². The number of rotatable bonds is 5. The summed E-state index contributed by atoms with van der Waals surface area (Å²) >= 11 is 0. The van der Waals surface area contributed by atoms with E-state index in [1.54, 1.807) is 12.1 Å². The highest BCUT2D eigenvalue weighted by atomic mass is 16.6. The number of hydrogen-bond acceptors (Lipinski definition) is 4. The van der Waals surface area contributed by atoms with Crippen LogP contribution in [0.3, 0.4) is 0 Å². The molecular formula is C12H15NO4. The number of aryl methyl sites for hydroxylation is 1. The average Bonchev–Trinajstić information content (AvgIpc) is 2.35. The minimum absolute atomic E-state index is 0.0126. The van der Waals surface area contributed by atoms with Gasteiger partial charge >= 0.3 is 5.97 Å². The van der Waals surface area contributed by atoms with E-state index in [2.05, 4.69) is 4.74 Å². The second-order valence-corrected chi connectivity index (χ2v) is 3.70. The van der Waals surface area contributed by atoms with Crippen LogP contribution in [0.4, 0.5) is 5.69 Å². The first-order valence-corrected chi connectivity index (χ1v) is 5.45. The highest BCUT2D eigenvalue weighted by Crippen LogP contribution is 2.22. The van der Waals surface area contributed by atoms with Crippen LogP contribution in [0.5, 0.6) is 0 Å². The Labute approximate surface area is 99.5 Å². The molecule has 0 atom stereocenters. The van der Waals surface area contributed by atoms with Crippen LogP contribution >= 0.6 is 0 Å². The first kappa shape index (κ1) is 13.2. The summed E-state index contributed by atoms with van der Waals surface area (Å²) < 4.78 is 4.53. The molecule has 0 heterocycles. The lowest BCUT2D eigenvalue weighted by atomic mass is 10.0. The maximum absolute atomic E-state index is 11.3. The second-order valence-electron chi connectivity index (χ2n) is 3.70. The Morgan fingerprint density at radius 2 is 2.18 bits per heavy atom. The summed E-state index contributed by atoms with van der Waals surface area (Å²) in [5.41, 5.74) is 0.852. The molecule has 0 saturated heterocycles. The number of methoxy groups -OCH3 is 1. The predicted molar refractivity (Wildman–Crippen MR) is 63.0 cm³/mol. The van der Waals surface area contributed by atoms with Gasteiger partial charge in [-0.2, -0.15) is 0 Å². The molecule has 0 spiro atoms. The molecule has 0 aliphatic carbocycles. The number of esters is 1. The summed E-state index contributed by atoms with van der Waals surface area (Å²) in [6.07, 6.45) is 2.50. The molecule has 17 heavy (non-hydrogen) atoms. The number of carbonyl (C=O) groups excluding carboxylic acids is 1. The van der Waals surface area contributed by atoms with Gasteiger partial charge in [0.05, 0.1) is 17.6 Å². The topological polar surface area (TPSA) is 69.4 Å². The van der Waals surface area contributed by atoms with Crippen LogP contribution in [0.25, 0.3) is 0 Å². The van der Waals surface area contributed by atoms with Crippen molar-refractivity contribution in [1.29, 1.82) is 0 Å². The van der Waals surface area contributed by atoms with Gasteiger partial charge in [0.2, 0.25) is 0 Å². The largest absolute Gasteiger partial charge is 0.465 e. The Hall–Kier alpha value is -1.91. The Bertz CT molecular complexity index is 429.